The number of pyridine rings is 1. The van der Waals surface area contributed by atoms with Crippen LogP contribution in [0.5, 0.6) is 0 Å². The highest BCUT2D eigenvalue weighted by molar-refractivity contribution is 5.68. The molecule has 1 aliphatic rings. The highest BCUT2D eigenvalue weighted by Gasteiger charge is 2.19. The number of nitrogens with zero attached hydrogens (tertiary/aromatic N) is 1. The zero-order valence-electron chi connectivity index (χ0n) is 13.1. The molecule has 0 aromatic carbocycles. The summed E-state index contributed by atoms with van der Waals surface area (Å²) < 4.78 is 5.24. The summed E-state index contributed by atoms with van der Waals surface area (Å²) in [7, 11) is 0. The van der Waals surface area contributed by atoms with E-state index in [-0.39, 0.29) is 6.17 Å². The van der Waals surface area contributed by atoms with E-state index in [1.807, 2.05) is 57.2 Å². The predicted molar refractivity (Wildman–Crippen MR) is 86.2 cm³/mol. The van der Waals surface area contributed by atoms with Crippen molar-refractivity contribution in [2.45, 2.75) is 32.5 Å². The zero-order chi connectivity index (χ0) is 16.0. The Hall–Kier alpha value is -2.50. The normalized spacial score (nSPS) is 17.2. The first-order valence-corrected chi connectivity index (χ1v) is 7.21. The molecule has 6 nitrogen and oxygen atoms in total. The average Bonchev–Trinajstić information content (AvgIpc) is 2.44. The van der Waals surface area contributed by atoms with Gasteiger partial charge in [0.1, 0.15) is 17.6 Å². The number of alkyl carbamates (subject to hydrolysis) is 1. The number of hydrogen-bond donors (Lipinski definition) is 3. The highest BCUT2D eigenvalue weighted by atomic mass is 16.6. The fourth-order valence-corrected chi connectivity index (χ4v) is 1.86. The Morgan fingerprint density at radius 3 is 2.91 bits per heavy atom. The average molecular weight is 302 g/mol. The van der Waals surface area contributed by atoms with Gasteiger partial charge in [-0.1, -0.05) is 12.1 Å². The lowest BCUT2D eigenvalue weighted by molar-refractivity contribution is 0.0509. The Kier molecular flexibility index (Phi) is 5.04. The van der Waals surface area contributed by atoms with E-state index in [1.165, 1.54) is 0 Å². The zero-order valence-corrected chi connectivity index (χ0v) is 13.1. The SMILES string of the molecule is CC(C)(C)OC(=O)NC1C=CC=C(CNc2ccccn2)N1. The van der Waals surface area contributed by atoms with E-state index in [0.29, 0.717) is 6.54 Å². The number of anilines is 1. The molecule has 0 saturated carbocycles. The second kappa shape index (κ2) is 6.98. The van der Waals surface area contributed by atoms with E-state index in [1.54, 1.807) is 6.20 Å². The molecule has 2 rings (SSSR count). The molecule has 0 spiro atoms. The van der Waals surface area contributed by atoms with Gasteiger partial charge in [0.2, 0.25) is 0 Å². The Balaban J connectivity index is 1.81. The van der Waals surface area contributed by atoms with Crippen molar-refractivity contribution in [3.63, 3.8) is 0 Å². The maximum atomic E-state index is 11.8. The van der Waals surface area contributed by atoms with E-state index < -0.39 is 11.7 Å². The van der Waals surface area contributed by atoms with Gasteiger partial charge < -0.3 is 15.4 Å². The number of dihydropyridines is 1. The first-order chi connectivity index (χ1) is 10.4. The second-order valence-corrected chi connectivity index (χ2v) is 5.91. The Bertz CT molecular complexity index is 561. The first kappa shape index (κ1) is 15.9. The van der Waals surface area contributed by atoms with Crippen molar-refractivity contribution in [1.82, 2.24) is 15.6 Å². The van der Waals surface area contributed by atoms with Crippen molar-refractivity contribution in [3.05, 3.63) is 48.3 Å². The molecule has 0 aliphatic carbocycles. The molecule has 2 heterocycles. The van der Waals surface area contributed by atoms with Crippen molar-refractivity contribution < 1.29 is 9.53 Å². The number of rotatable bonds is 4. The van der Waals surface area contributed by atoms with E-state index in [0.717, 1.165) is 11.5 Å². The number of allylic oxidation sites excluding steroid dienone is 2. The molecule has 0 radical (unpaired) electrons. The lowest BCUT2D eigenvalue weighted by Crippen LogP contribution is -2.47. The molecule has 118 valence electrons. The third-order valence-corrected chi connectivity index (χ3v) is 2.74. The molecule has 22 heavy (non-hydrogen) atoms. The number of nitrogens with one attached hydrogen (secondary N) is 3. The molecule has 0 fully saturated rings. The summed E-state index contributed by atoms with van der Waals surface area (Å²) >= 11 is 0. The van der Waals surface area contributed by atoms with E-state index in [4.69, 9.17) is 4.74 Å². The van der Waals surface area contributed by atoms with Crippen LogP contribution in [0.1, 0.15) is 20.8 Å². The van der Waals surface area contributed by atoms with Crippen LogP contribution in [0, 0.1) is 0 Å². The van der Waals surface area contributed by atoms with Crippen molar-refractivity contribution in [2.75, 3.05) is 11.9 Å². The Labute approximate surface area is 130 Å². The minimum Gasteiger partial charge on any atom is -0.444 e. The maximum absolute atomic E-state index is 11.8. The molecule has 1 atom stereocenters. The first-order valence-electron chi connectivity index (χ1n) is 7.21. The topological polar surface area (TPSA) is 75.3 Å². The van der Waals surface area contributed by atoms with Gasteiger partial charge in [0, 0.05) is 11.9 Å². The lowest BCUT2D eigenvalue weighted by atomic mass is 10.2. The van der Waals surface area contributed by atoms with Gasteiger partial charge in [-0.05, 0) is 45.1 Å². The third-order valence-electron chi connectivity index (χ3n) is 2.74. The van der Waals surface area contributed by atoms with Gasteiger partial charge >= 0.3 is 6.09 Å². The molecule has 6 heteroatoms. The summed E-state index contributed by atoms with van der Waals surface area (Å²) in [5.74, 6) is 0.802. The summed E-state index contributed by atoms with van der Waals surface area (Å²) in [6.07, 6.45) is 6.69. The van der Waals surface area contributed by atoms with Crippen LogP contribution in [0.15, 0.2) is 48.3 Å². The van der Waals surface area contributed by atoms with Crippen LogP contribution in [0.3, 0.4) is 0 Å². The molecular weight excluding hydrogens is 280 g/mol. The summed E-state index contributed by atoms with van der Waals surface area (Å²) in [5.41, 5.74) is 0.441. The number of ether oxygens (including phenoxy) is 1. The minimum absolute atomic E-state index is 0.291. The molecule has 0 saturated heterocycles. The van der Waals surface area contributed by atoms with Gasteiger partial charge in [-0.25, -0.2) is 9.78 Å². The van der Waals surface area contributed by atoms with Gasteiger partial charge in [0.15, 0.2) is 0 Å². The van der Waals surface area contributed by atoms with Gasteiger partial charge in [-0.15, -0.1) is 0 Å². The molecular formula is C16H22N4O2. The van der Waals surface area contributed by atoms with E-state index in [2.05, 4.69) is 20.9 Å². The molecule has 1 aromatic heterocycles. The van der Waals surface area contributed by atoms with Crippen molar-refractivity contribution >= 4 is 11.9 Å². The monoisotopic (exact) mass is 302 g/mol. The molecule has 3 N–H and O–H groups in total. The summed E-state index contributed by atoms with van der Waals surface area (Å²) in [6, 6.07) is 5.69. The van der Waals surface area contributed by atoms with Crippen molar-refractivity contribution in [1.29, 1.82) is 0 Å². The summed E-state index contributed by atoms with van der Waals surface area (Å²) in [4.78, 5) is 16.0. The fraction of sp³-hybridized carbons (Fsp3) is 0.375. The maximum Gasteiger partial charge on any atom is 0.409 e. The number of carbonyl (C=O) groups excluding carboxylic acids is 1. The smallest absolute Gasteiger partial charge is 0.409 e. The van der Waals surface area contributed by atoms with Crippen LogP contribution in [0.2, 0.25) is 0 Å². The predicted octanol–water partition coefficient (Wildman–Crippen LogP) is 2.39. The van der Waals surface area contributed by atoms with Crippen LogP contribution < -0.4 is 16.0 Å². The summed E-state index contributed by atoms with van der Waals surface area (Å²) in [5, 5.41) is 9.18. The number of aromatic nitrogens is 1. The van der Waals surface area contributed by atoms with Gasteiger partial charge in [-0.2, -0.15) is 0 Å². The van der Waals surface area contributed by atoms with Gasteiger partial charge in [0.25, 0.3) is 0 Å². The lowest BCUT2D eigenvalue weighted by Gasteiger charge is -2.25. The van der Waals surface area contributed by atoms with Crippen LogP contribution in [-0.2, 0) is 4.74 Å². The number of amides is 1. The molecule has 0 bridgehead atoms. The quantitative estimate of drug-likeness (QED) is 0.796. The van der Waals surface area contributed by atoms with E-state index in [9.17, 15) is 4.79 Å². The van der Waals surface area contributed by atoms with Crippen LogP contribution in [0.25, 0.3) is 0 Å². The number of hydrogen-bond acceptors (Lipinski definition) is 5. The van der Waals surface area contributed by atoms with Crippen molar-refractivity contribution in [3.8, 4) is 0 Å². The Morgan fingerprint density at radius 2 is 2.23 bits per heavy atom. The molecule has 1 amide bonds. The summed E-state index contributed by atoms with van der Waals surface area (Å²) in [6.45, 7) is 6.09. The Morgan fingerprint density at radius 1 is 1.41 bits per heavy atom. The van der Waals surface area contributed by atoms with E-state index >= 15 is 0 Å². The standard InChI is InChI=1S/C16H22N4O2/c1-16(2,3)22-15(21)20-14-9-6-7-12(19-14)11-18-13-8-4-5-10-17-13/h4-10,14,19H,11H2,1-3H3,(H,17,18)(H,20,21). The van der Waals surface area contributed by atoms with Crippen LogP contribution in [-0.4, -0.2) is 29.4 Å². The second-order valence-electron chi connectivity index (χ2n) is 5.91. The highest BCUT2D eigenvalue weighted by Crippen LogP contribution is 2.08. The molecule has 1 unspecified atom stereocenters. The number of carbonyl (C=O) groups is 1. The van der Waals surface area contributed by atoms with Crippen LogP contribution in [0.4, 0.5) is 10.6 Å². The minimum atomic E-state index is -0.512. The largest absolute Gasteiger partial charge is 0.444 e. The van der Waals surface area contributed by atoms with Crippen molar-refractivity contribution in [2.24, 2.45) is 0 Å². The van der Waals surface area contributed by atoms with Gasteiger partial charge in [0.05, 0.1) is 6.54 Å². The third kappa shape index (κ3) is 5.47. The molecule has 1 aromatic rings. The van der Waals surface area contributed by atoms with Crippen LogP contribution >= 0.6 is 0 Å². The van der Waals surface area contributed by atoms with Gasteiger partial charge in [-0.3, -0.25) is 5.32 Å². The fourth-order valence-electron chi connectivity index (χ4n) is 1.86. The molecule has 1 aliphatic heterocycles.